The Balaban J connectivity index is 0.00000120. The summed E-state index contributed by atoms with van der Waals surface area (Å²) in [5.41, 5.74) is 0.236. The molecule has 1 saturated heterocycles. The van der Waals surface area contributed by atoms with Gasteiger partial charge in [0.05, 0.1) is 63.5 Å². The number of nitrogens with one attached hydrogen (secondary N) is 2. The molecule has 2 aromatic heterocycles. The number of aromatic nitrogens is 3. The molecule has 1 aromatic carbocycles. The summed E-state index contributed by atoms with van der Waals surface area (Å²) < 4.78 is 37.6. The average molecular weight is 762 g/mol. The van der Waals surface area contributed by atoms with Gasteiger partial charge in [0.15, 0.2) is 5.52 Å². The van der Waals surface area contributed by atoms with Gasteiger partial charge >= 0.3 is 11.7 Å². The van der Waals surface area contributed by atoms with E-state index in [1.54, 1.807) is 33.1 Å². The van der Waals surface area contributed by atoms with Crippen LogP contribution in [0.1, 0.15) is 50.0 Å². The lowest BCUT2D eigenvalue weighted by Gasteiger charge is -2.40. The van der Waals surface area contributed by atoms with Gasteiger partial charge in [-0.25, -0.2) is 14.4 Å². The minimum Gasteiger partial charge on any atom is -0.480 e. The second-order valence-electron chi connectivity index (χ2n) is 12.6. The summed E-state index contributed by atoms with van der Waals surface area (Å²) in [6.07, 6.45) is 3.11. The van der Waals surface area contributed by atoms with Crippen molar-refractivity contribution in [3.05, 3.63) is 40.1 Å². The number of aliphatic hydroxyl groups excluding tert-OH is 1. The zero-order chi connectivity index (χ0) is 38.9. The summed E-state index contributed by atoms with van der Waals surface area (Å²) in [5.74, 6) is -0.0925. The highest BCUT2D eigenvalue weighted by atomic mass is 16.6. The van der Waals surface area contributed by atoms with Crippen LogP contribution < -0.4 is 20.3 Å². The molecule has 0 bridgehead atoms. The van der Waals surface area contributed by atoms with Gasteiger partial charge in [-0.1, -0.05) is 6.92 Å². The summed E-state index contributed by atoms with van der Waals surface area (Å²) in [5, 5.41) is 32.6. The summed E-state index contributed by atoms with van der Waals surface area (Å²) in [6, 6.07) is 6.24. The molecule has 1 atom stereocenters. The molecule has 0 spiro atoms. The number of aliphatic hydroxyl groups is 1. The molecule has 2 aliphatic rings. The van der Waals surface area contributed by atoms with Crippen LogP contribution in [0.25, 0.3) is 11.0 Å². The Morgan fingerprint density at radius 2 is 1.69 bits per heavy atom. The summed E-state index contributed by atoms with van der Waals surface area (Å²) >= 11 is 0. The number of nitrogens with zero attached hydrogens (tertiary/aromatic N) is 5. The number of carbonyl (C=O) groups is 2. The number of ether oxygens (including phenoxy) is 6. The summed E-state index contributed by atoms with van der Waals surface area (Å²) in [4.78, 5) is 43.4. The smallest absolute Gasteiger partial charge is 0.331 e. The number of nitro benzene ring substituents is 1. The van der Waals surface area contributed by atoms with E-state index in [0.717, 1.165) is 5.69 Å². The molecule has 5 rings (SSSR count). The number of hydrogen-bond donors (Lipinski definition) is 3. The molecule has 1 aliphatic carbocycles. The monoisotopic (exact) mass is 761 g/mol. The highest BCUT2D eigenvalue weighted by molar-refractivity contribution is 5.97. The first kappa shape index (κ1) is 42.1. The number of pyridine rings is 1. The van der Waals surface area contributed by atoms with Crippen LogP contribution in [0.4, 0.5) is 17.1 Å². The predicted molar refractivity (Wildman–Crippen MR) is 195 cm³/mol. The lowest BCUT2D eigenvalue weighted by molar-refractivity contribution is -0.383. The average Bonchev–Trinajstić information content (AvgIpc) is 3.88. The van der Waals surface area contributed by atoms with Crippen molar-refractivity contribution < 1.29 is 52.7 Å². The number of hydrogen-bond acceptors (Lipinski definition) is 17. The number of esters is 1. The summed E-state index contributed by atoms with van der Waals surface area (Å²) in [7, 11) is 3.15. The van der Waals surface area contributed by atoms with Crippen LogP contribution in [-0.2, 0) is 28.5 Å². The molecule has 298 valence electrons. The number of nitro groups is 1. The molecule has 2 fully saturated rings. The van der Waals surface area contributed by atoms with E-state index in [4.69, 9.17) is 33.5 Å². The van der Waals surface area contributed by atoms with Crippen molar-refractivity contribution in [2.75, 3.05) is 96.9 Å². The van der Waals surface area contributed by atoms with Crippen molar-refractivity contribution in [1.82, 2.24) is 20.6 Å². The van der Waals surface area contributed by atoms with E-state index in [2.05, 4.69) is 30.6 Å². The van der Waals surface area contributed by atoms with Crippen LogP contribution in [-0.4, -0.2) is 136 Å². The number of methoxy groups -OCH3 is 2. The van der Waals surface area contributed by atoms with Gasteiger partial charge in [-0.3, -0.25) is 14.9 Å². The third-order valence-corrected chi connectivity index (χ3v) is 8.94. The van der Waals surface area contributed by atoms with Crippen molar-refractivity contribution in [3.63, 3.8) is 0 Å². The van der Waals surface area contributed by atoms with E-state index in [1.807, 2.05) is 4.90 Å². The lowest BCUT2D eigenvalue weighted by Crippen LogP contribution is -2.55. The van der Waals surface area contributed by atoms with Gasteiger partial charge in [0.1, 0.15) is 16.9 Å². The van der Waals surface area contributed by atoms with Crippen LogP contribution >= 0.6 is 0 Å². The molecular formula is C35H51N7O12. The van der Waals surface area contributed by atoms with Crippen LogP contribution in [0, 0.1) is 16.0 Å². The minimum absolute atomic E-state index is 0.0703. The van der Waals surface area contributed by atoms with Gasteiger partial charge in [0.25, 0.3) is 5.91 Å². The number of amides is 1. The number of non-ortho nitro benzene ring substituents is 1. The van der Waals surface area contributed by atoms with Crippen molar-refractivity contribution >= 4 is 40.0 Å². The summed E-state index contributed by atoms with van der Waals surface area (Å²) in [6.45, 7) is 7.62. The fourth-order valence-corrected chi connectivity index (χ4v) is 5.40. The first-order chi connectivity index (χ1) is 26.2. The van der Waals surface area contributed by atoms with Crippen molar-refractivity contribution in [1.29, 1.82) is 0 Å². The van der Waals surface area contributed by atoms with Crippen molar-refractivity contribution in [2.24, 2.45) is 5.92 Å². The SMILES string of the molecule is CCOC(=O)C(CC)(CCOCCOCCOCCNc1ccc([N+](=O)[O-])c2nonc12)NC(=O)c1ccc(N2CC(OC)C2)c(OC)n1.OCC1CC1. The second-order valence-corrected chi connectivity index (χ2v) is 12.6. The molecule has 3 N–H and O–H groups in total. The van der Waals surface area contributed by atoms with Gasteiger partial charge in [0, 0.05) is 52.4 Å². The quantitative estimate of drug-likeness (QED) is 0.0546. The highest BCUT2D eigenvalue weighted by Crippen LogP contribution is 2.31. The number of rotatable bonds is 23. The van der Waals surface area contributed by atoms with Gasteiger partial charge in [-0.05, 0) is 60.6 Å². The Morgan fingerprint density at radius 1 is 1.00 bits per heavy atom. The molecule has 0 radical (unpaired) electrons. The predicted octanol–water partition coefficient (Wildman–Crippen LogP) is 2.75. The lowest BCUT2D eigenvalue weighted by atomic mass is 9.92. The number of carbonyl (C=O) groups excluding carboxylic acids is 2. The maximum atomic E-state index is 13.3. The fraction of sp³-hybridized carbons (Fsp3) is 0.629. The van der Waals surface area contributed by atoms with Gasteiger partial charge in [-0.2, -0.15) is 0 Å². The third-order valence-electron chi connectivity index (χ3n) is 8.94. The normalized spacial score (nSPS) is 15.1. The Kier molecular flexibility index (Phi) is 16.6. The Labute approximate surface area is 313 Å². The zero-order valence-electron chi connectivity index (χ0n) is 31.2. The molecule has 1 amide bonds. The Bertz CT molecular complexity index is 1650. The van der Waals surface area contributed by atoms with E-state index >= 15 is 0 Å². The third kappa shape index (κ3) is 11.7. The minimum atomic E-state index is -1.32. The molecule has 1 saturated carbocycles. The van der Waals surface area contributed by atoms with E-state index in [-0.39, 0.29) is 61.2 Å². The van der Waals surface area contributed by atoms with Gasteiger partial charge in [-0.15, -0.1) is 0 Å². The number of fused-ring (bicyclic) bond motifs is 1. The van der Waals surface area contributed by atoms with Crippen molar-refractivity contribution in [3.8, 4) is 5.88 Å². The molecule has 1 unspecified atom stereocenters. The molecule has 54 heavy (non-hydrogen) atoms. The van der Waals surface area contributed by atoms with E-state index in [0.29, 0.717) is 70.2 Å². The first-order valence-electron chi connectivity index (χ1n) is 18.0. The van der Waals surface area contributed by atoms with Crippen LogP contribution in [0.5, 0.6) is 5.88 Å². The molecule has 3 aromatic rings. The maximum Gasteiger partial charge on any atom is 0.331 e. The van der Waals surface area contributed by atoms with E-state index < -0.39 is 22.3 Å². The van der Waals surface area contributed by atoms with E-state index in [9.17, 15) is 19.7 Å². The molecule has 3 heterocycles. The molecule has 19 nitrogen and oxygen atoms in total. The number of anilines is 2. The second kappa shape index (κ2) is 21.3. The standard InChI is InChI=1S/C31H43N7O11.C4H8O/c1-5-31(30(40)48-6-2,34-28(39)23-8-10-25(29(33-23)44-4)37-19-21(20-37)43-3)11-13-45-15-17-47-18-16-46-14-12-32-22-7-9-24(38(41)42)27-26(22)35-49-36-27;5-3-4-1-2-4/h7-10,21,32H,5-6,11-20H2,1-4H3,(H,34,39);4-5H,1-3H2. The largest absolute Gasteiger partial charge is 0.480 e. The zero-order valence-corrected chi connectivity index (χ0v) is 31.2. The highest BCUT2D eigenvalue weighted by Gasteiger charge is 2.40. The Morgan fingerprint density at radius 3 is 2.28 bits per heavy atom. The Hall–Kier alpha value is -4.69. The van der Waals surface area contributed by atoms with Crippen LogP contribution in [0.3, 0.4) is 0 Å². The topological polar surface area (TPSA) is 232 Å². The fourth-order valence-electron chi connectivity index (χ4n) is 5.40. The van der Waals surface area contributed by atoms with Crippen molar-refractivity contribution in [2.45, 2.75) is 51.2 Å². The van der Waals surface area contributed by atoms with Crippen LogP contribution in [0.2, 0.25) is 0 Å². The maximum absolute atomic E-state index is 13.3. The molecule has 19 heteroatoms. The van der Waals surface area contributed by atoms with E-state index in [1.165, 1.54) is 32.1 Å². The molecular weight excluding hydrogens is 710 g/mol. The van der Waals surface area contributed by atoms with Gasteiger partial charge in [0.2, 0.25) is 11.4 Å². The number of benzene rings is 1. The van der Waals surface area contributed by atoms with Crippen LogP contribution in [0.15, 0.2) is 28.9 Å². The molecule has 1 aliphatic heterocycles. The van der Waals surface area contributed by atoms with Gasteiger partial charge < -0.3 is 49.1 Å². The first-order valence-corrected chi connectivity index (χ1v) is 18.0.